The van der Waals surface area contributed by atoms with Crippen LogP contribution in [0.5, 0.6) is 0 Å². The number of benzene rings is 1. The molecule has 0 aliphatic heterocycles. The SMILES string of the molecule is C=C1CCCc2c(CO)cccc21. The molecule has 2 rings (SSSR count). The molecule has 1 aliphatic carbocycles. The zero-order chi connectivity index (χ0) is 9.26. The van der Waals surface area contributed by atoms with Gasteiger partial charge in [0.2, 0.25) is 0 Å². The molecule has 1 nitrogen and oxygen atoms in total. The maximum atomic E-state index is 9.15. The van der Waals surface area contributed by atoms with Crippen LogP contribution in [0, 0.1) is 0 Å². The van der Waals surface area contributed by atoms with Gasteiger partial charge in [-0.3, -0.25) is 0 Å². The second kappa shape index (κ2) is 3.35. The Hall–Kier alpha value is -1.08. The van der Waals surface area contributed by atoms with E-state index in [0.29, 0.717) is 0 Å². The molecule has 1 N–H and O–H groups in total. The Bertz CT molecular complexity index is 339. The fourth-order valence-corrected chi connectivity index (χ4v) is 2.02. The van der Waals surface area contributed by atoms with Crippen LogP contribution in [-0.2, 0) is 13.0 Å². The summed E-state index contributed by atoms with van der Waals surface area (Å²) in [7, 11) is 0. The van der Waals surface area contributed by atoms with Crippen molar-refractivity contribution in [3.05, 3.63) is 41.5 Å². The van der Waals surface area contributed by atoms with Crippen molar-refractivity contribution in [1.29, 1.82) is 0 Å². The largest absolute Gasteiger partial charge is 0.392 e. The van der Waals surface area contributed by atoms with Crippen molar-refractivity contribution in [3.63, 3.8) is 0 Å². The van der Waals surface area contributed by atoms with E-state index in [1.165, 1.54) is 23.1 Å². The Labute approximate surface area is 78.7 Å². The van der Waals surface area contributed by atoms with Crippen LogP contribution in [0.4, 0.5) is 0 Å². The highest BCUT2D eigenvalue weighted by Crippen LogP contribution is 2.31. The predicted octanol–water partition coefficient (Wildman–Crippen LogP) is 2.53. The summed E-state index contributed by atoms with van der Waals surface area (Å²) >= 11 is 0. The third-order valence-corrected chi connectivity index (χ3v) is 2.73. The van der Waals surface area contributed by atoms with Gasteiger partial charge in [0.25, 0.3) is 0 Å². The van der Waals surface area contributed by atoms with Crippen LogP contribution < -0.4 is 0 Å². The van der Waals surface area contributed by atoms with Crippen molar-refractivity contribution < 1.29 is 5.11 Å². The maximum absolute atomic E-state index is 9.15. The van der Waals surface area contributed by atoms with Crippen LogP contribution in [0.3, 0.4) is 0 Å². The Kier molecular flexibility index (Phi) is 2.19. The molecular weight excluding hydrogens is 160 g/mol. The number of rotatable bonds is 1. The first-order chi connectivity index (χ1) is 6.33. The lowest BCUT2D eigenvalue weighted by atomic mass is 9.85. The minimum atomic E-state index is 0.149. The molecule has 0 radical (unpaired) electrons. The van der Waals surface area contributed by atoms with E-state index in [4.69, 9.17) is 5.11 Å². The van der Waals surface area contributed by atoms with Gasteiger partial charge in [-0.05, 0) is 41.5 Å². The molecule has 0 atom stereocenters. The Morgan fingerprint density at radius 2 is 2.15 bits per heavy atom. The lowest BCUT2D eigenvalue weighted by Gasteiger charge is -2.20. The van der Waals surface area contributed by atoms with Crippen LogP contribution in [0.1, 0.15) is 29.5 Å². The molecule has 0 bridgehead atoms. The molecule has 13 heavy (non-hydrogen) atoms. The normalized spacial score (nSPS) is 15.6. The Morgan fingerprint density at radius 1 is 1.31 bits per heavy atom. The van der Waals surface area contributed by atoms with Gasteiger partial charge in [-0.25, -0.2) is 0 Å². The van der Waals surface area contributed by atoms with Crippen molar-refractivity contribution >= 4 is 5.57 Å². The summed E-state index contributed by atoms with van der Waals surface area (Å²) in [6.45, 7) is 4.20. The van der Waals surface area contributed by atoms with Gasteiger partial charge in [0.15, 0.2) is 0 Å². The number of fused-ring (bicyclic) bond motifs is 1. The third-order valence-electron chi connectivity index (χ3n) is 2.73. The van der Waals surface area contributed by atoms with E-state index in [9.17, 15) is 0 Å². The molecule has 1 aromatic rings. The van der Waals surface area contributed by atoms with Gasteiger partial charge in [0.05, 0.1) is 6.61 Å². The van der Waals surface area contributed by atoms with Gasteiger partial charge in [-0.15, -0.1) is 0 Å². The van der Waals surface area contributed by atoms with E-state index in [1.54, 1.807) is 0 Å². The van der Waals surface area contributed by atoms with Crippen LogP contribution >= 0.6 is 0 Å². The van der Waals surface area contributed by atoms with Gasteiger partial charge >= 0.3 is 0 Å². The smallest absolute Gasteiger partial charge is 0.0684 e. The zero-order valence-corrected chi connectivity index (χ0v) is 7.71. The highest BCUT2D eigenvalue weighted by molar-refractivity contribution is 5.69. The summed E-state index contributed by atoms with van der Waals surface area (Å²) in [6, 6.07) is 6.11. The highest BCUT2D eigenvalue weighted by Gasteiger charge is 2.14. The summed E-state index contributed by atoms with van der Waals surface area (Å²) in [5.41, 5.74) is 4.86. The number of aliphatic hydroxyl groups excluding tert-OH is 1. The second-order valence-electron chi connectivity index (χ2n) is 3.56. The van der Waals surface area contributed by atoms with Crippen molar-refractivity contribution in [2.24, 2.45) is 0 Å². The molecule has 1 aliphatic rings. The number of hydrogen-bond acceptors (Lipinski definition) is 1. The molecule has 0 spiro atoms. The van der Waals surface area contributed by atoms with Gasteiger partial charge in [-0.1, -0.05) is 24.8 Å². The molecule has 0 saturated carbocycles. The predicted molar refractivity (Wildman–Crippen MR) is 54.3 cm³/mol. The van der Waals surface area contributed by atoms with Gasteiger partial charge < -0.3 is 5.11 Å². The van der Waals surface area contributed by atoms with E-state index >= 15 is 0 Å². The summed E-state index contributed by atoms with van der Waals surface area (Å²) in [6.07, 6.45) is 3.36. The van der Waals surface area contributed by atoms with Gasteiger partial charge in [-0.2, -0.15) is 0 Å². The minimum Gasteiger partial charge on any atom is -0.392 e. The van der Waals surface area contributed by atoms with E-state index in [-0.39, 0.29) is 6.61 Å². The number of aliphatic hydroxyl groups is 1. The maximum Gasteiger partial charge on any atom is 0.0684 e. The van der Waals surface area contributed by atoms with Crippen LogP contribution in [0.2, 0.25) is 0 Å². The lowest BCUT2D eigenvalue weighted by molar-refractivity contribution is 0.280. The standard InChI is InChI=1S/C12H14O/c1-9-4-2-7-12-10(8-13)5-3-6-11(9)12/h3,5-6,13H,1-2,4,7-8H2. The first kappa shape index (κ1) is 8.52. The molecular formula is C12H14O. The molecule has 1 aromatic carbocycles. The molecule has 0 amide bonds. The third kappa shape index (κ3) is 1.40. The van der Waals surface area contributed by atoms with Gasteiger partial charge in [0.1, 0.15) is 0 Å². The first-order valence-electron chi connectivity index (χ1n) is 4.72. The molecule has 68 valence electrons. The van der Waals surface area contributed by atoms with E-state index in [0.717, 1.165) is 18.4 Å². The molecule has 0 unspecified atom stereocenters. The number of allylic oxidation sites excluding steroid dienone is 1. The highest BCUT2D eigenvalue weighted by atomic mass is 16.3. The van der Waals surface area contributed by atoms with Crippen molar-refractivity contribution in [1.82, 2.24) is 0 Å². The second-order valence-corrected chi connectivity index (χ2v) is 3.56. The molecule has 0 saturated heterocycles. The number of hydrogen-bond donors (Lipinski definition) is 1. The fourth-order valence-electron chi connectivity index (χ4n) is 2.02. The summed E-state index contributed by atoms with van der Waals surface area (Å²) in [5, 5.41) is 9.15. The van der Waals surface area contributed by atoms with Crippen molar-refractivity contribution in [2.75, 3.05) is 0 Å². The van der Waals surface area contributed by atoms with E-state index in [2.05, 4.69) is 12.6 Å². The summed E-state index contributed by atoms with van der Waals surface area (Å²) < 4.78 is 0. The average Bonchev–Trinajstić information content (AvgIpc) is 2.18. The summed E-state index contributed by atoms with van der Waals surface area (Å²) in [4.78, 5) is 0. The lowest BCUT2D eigenvalue weighted by Crippen LogP contribution is -2.04. The average molecular weight is 174 g/mol. The first-order valence-corrected chi connectivity index (χ1v) is 4.72. The Morgan fingerprint density at radius 3 is 2.92 bits per heavy atom. The zero-order valence-electron chi connectivity index (χ0n) is 7.71. The van der Waals surface area contributed by atoms with Crippen molar-refractivity contribution in [3.8, 4) is 0 Å². The van der Waals surface area contributed by atoms with E-state index in [1.807, 2.05) is 12.1 Å². The van der Waals surface area contributed by atoms with Crippen molar-refractivity contribution in [2.45, 2.75) is 25.9 Å². The summed E-state index contributed by atoms with van der Waals surface area (Å²) in [5.74, 6) is 0. The van der Waals surface area contributed by atoms with E-state index < -0.39 is 0 Å². The quantitative estimate of drug-likeness (QED) is 0.693. The van der Waals surface area contributed by atoms with Crippen LogP contribution in [0.25, 0.3) is 5.57 Å². The molecule has 0 heterocycles. The molecule has 0 aromatic heterocycles. The molecule has 1 heteroatoms. The van der Waals surface area contributed by atoms with Crippen LogP contribution in [0.15, 0.2) is 24.8 Å². The minimum absolute atomic E-state index is 0.149. The Balaban J connectivity index is 2.54. The van der Waals surface area contributed by atoms with Crippen LogP contribution in [-0.4, -0.2) is 5.11 Å². The fraction of sp³-hybridized carbons (Fsp3) is 0.333. The monoisotopic (exact) mass is 174 g/mol. The topological polar surface area (TPSA) is 20.2 Å². The molecule has 0 fully saturated rings. The van der Waals surface area contributed by atoms with Gasteiger partial charge in [0, 0.05) is 0 Å².